The molecule has 0 radical (unpaired) electrons. The minimum absolute atomic E-state index is 0.117. The second-order valence-corrected chi connectivity index (χ2v) is 6.40. The number of aromatic hydroxyl groups is 2. The second-order valence-electron chi connectivity index (χ2n) is 6.40. The zero-order valence-electron chi connectivity index (χ0n) is 14.9. The fourth-order valence-electron chi connectivity index (χ4n) is 2.67. The van der Waals surface area contributed by atoms with Crippen molar-refractivity contribution < 1.29 is 19.7 Å². The van der Waals surface area contributed by atoms with Gasteiger partial charge >= 0.3 is 5.97 Å². The predicted octanol–water partition coefficient (Wildman–Crippen LogP) is 5.10. The van der Waals surface area contributed by atoms with Crippen molar-refractivity contribution in [2.45, 2.75) is 77.6 Å². The highest BCUT2D eigenvalue weighted by atomic mass is 16.5. The van der Waals surface area contributed by atoms with E-state index >= 15 is 0 Å². The molecule has 0 saturated heterocycles. The lowest BCUT2D eigenvalue weighted by Crippen LogP contribution is -2.09. The van der Waals surface area contributed by atoms with Crippen LogP contribution >= 0.6 is 0 Å². The molecular formula is C20H32O4. The first-order valence-electron chi connectivity index (χ1n) is 9.30. The summed E-state index contributed by atoms with van der Waals surface area (Å²) in [5.41, 5.74) is 0.637. The van der Waals surface area contributed by atoms with Gasteiger partial charge in [0.05, 0.1) is 13.0 Å². The van der Waals surface area contributed by atoms with Crippen molar-refractivity contribution in [3.8, 4) is 11.5 Å². The number of ether oxygens (including phenoxy) is 1. The summed E-state index contributed by atoms with van der Waals surface area (Å²) in [5, 5.41) is 18.6. The average Bonchev–Trinajstić information content (AvgIpc) is 2.56. The number of esters is 1. The van der Waals surface area contributed by atoms with Crippen LogP contribution in [0.3, 0.4) is 0 Å². The standard InChI is InChI=1S/C20H32O4/c1-2-3-4-5-6-7-8-9-10-11-14-24-20(23)16-17-12-13-18(21)19(22)15-17/h12-13,15,21-22H,2-11,14,16H2,1H3. The minimum atomic E-state index is -0.295. The van der Waals surface area contributed by atoms with E-state index in [1.54, 1.807) is 6.07 Å². The number of carbonyl (C=O) groups excluding carboxylic acids is 1. The van der Waals surface area contributed by atoms with Crippen molar-refractivity contribution in [2.75, 3.05) is 6.61 Å². The maximum atomic E-state index is 11.7. The Kier molecular flexibility index (Phi) is 10.7. The van der Waals surface area contributed by atoms with Gasteiger partial charge in [0.25, 0.3) is 0 Å². The van der Waals surface area contributed by atoms with Crippen LogP contribution in [0.5, 0.6) is 11.5 Å². The first-order chi connectivity index (χ1) is 11.6. The SMILES string of the molecule is CCCCCCCCCCCCOC(=O)Cc1ccc(O)c(O)c1. The van der Waals surface area contributed by atoms with Crippen molar-refractivity contribution in [2.24, 2.45) is 0 Å². The van der Waals surface area contributed by atoms with E-state index in [9.17, 15) is 15.0 Å². The number of phenolic OH excluding ortho intramolecular Hbond substituents is 2. The summed E-state index contributed by atoms with van der Waals surface area (Å²) in [5.74, 6) is -0.691. The van der Waals surface area contributed by atoms with E-state index in [1.807, 2.05) is 0 Å². The number of carbonyl (C=O) groups is 1. The molecule has 0 saturated carbocycles. The molecule has 24 heavy (non-hydrogen) atoms. The van der Waals surface area contributed by atoms with Crippen molar-refractivity contribution in [1.29, 1.82) is 0 Å². The van der Waals surface area contributed by atoms with E-state index in [2.05, 4.69) is 6.92 Å². The minimum Gasteiger partial charge on any atom is -0.504 e. The Morgan fingerprint density at radius 3 is 2.04 bits per heavy atom. The van der Waals surface area contributed by atoms with Crippen LogP contribution in [0, 0.1) is 0 Å². The smallest absolute Gasteiger partial charge is 0.310 e. The fourth-order valence-corrected chi connectivity index (χ4v) is 2.67. The Morgan fingerprint density at radius 1 is 0.875 bits per heavy atom. The molecule has 0 aliphatic carbocycles. The average molecular weight is 336 g/mol. The Balaban J connectivity index is 1.97. The molecule has 0 aromatic heterocycles. The quantitative estimate of drug-likeness (QED) is 0.298. The molecular weight excluding hydrogens is 304 g/mol. The topological polar surface area (TPSA) is 66.8 Å². The van der Waals surface area contributed by atoms with E-state index in [4.69, 9.17) is 4.74 Å². The maximum Gasteiger partial charge on any atom is 0.310 e. The first-order valence-corrected chi connectivity index (χ1v) is 9.30. The molecule has 1 rings (SSSR count). The molecule has 0 atom stereocenters. The monoisotopic (exact) mass is 336 g/mol. The molecule has 2 N–H and O–H groups in total. The highest BCUT2D eigenvalue weighted by molar-refractivity contribution is 5.72. The first kappa shape index (κ1) is 20.3. The van der Waals surface area contributed by atoms with Gasteiger partial charge in [-0.3, -0.25) is 4.79 Å². The van der Waals surface area contributed by atoms with Crippen LogP contribution in [-0.2, 0) is 16.0 Å². The molecule has 1 aromatic carbocycles. The van der Waals surface area contributed by atoms with E-state index < -0.39 is 0 Å². The van der Waals surface area contributed by atoms with Crippen LogP contribution < -0.4 is 0 Å². The summed E-state index contributed by atoms with van der Waals surface area (Å²) in [4.78, 5) is 11.7. The van der Waals surface area contributed by atoms with Crippen molar-refractivity contribution >= 4 is 5.97 Å². The summed E-state index contributed by atoms with van der Waals surface area (Å²) in [6.45, 7) is 2.70. The number of hydrogen-bond donors (Lipinski definition) is 2. The Hall–Kier alpha value is -1.71. The summed E-state index contributed by atoms with van der Waals surface area (Å²) in [6, 6.07) is 4.37. The van der Waals surface area contributed by atoms with Gasteiger partial charge < -0.3 is 14.9 Å². The fraction of sp³-hybridized carbons (Fsp3) is 0.650. The zero-order valence-corrected chi connectivity index (χ0v) is 14.9. The van der Waals surface area contributed by atoms with Crippen LogP contribution in [0.4, 0.5) is 0 Å². The summed E-state index contributed by atoms with van der Waals surface area (Å²) in [6.07, 6.45) is 12.6. The molecule has 0 unspecified atom stereocenters. The Labute approximate surface area is 145 Å². The largest absolute Gasteiger partial charge is 0.504 e. The van der Waals surface area contributed by atoms with Gasteiger partial charge in [0.1, 0.15) is 0 Å². The molecule has 0 bridgehead atoms. The van der Waals surface area contributed by atoms with Gasteiger partial charge in [0.15, 0.2) is 11.5 Å². The molecule has 0 amide bonds. The third-order valence-corrected chi connectivity index (χ3v) is 4.15. The number of unbranched alkanes of at least 4 members (excludes halogenated alkanes) is 9. The molecule has 0 spiro atoms. The van der Waals surface area contributed by atoms with Gasteiger partial charge in [-0.2, -0.15) is 0 Å². The number of hydrogen-bond acceptors (Lipinski definition) is 4. The Morgan fingerprint density at radius 2 is 1.46 bits per heavy atom. The van der Waals surface area contributed by atoms with Crippen LogP contribution in [0.15, 0.2) is 18.2 Å². The number of rotatable bonds is 13. The van der Waals surface area contributed by atoms with Crippen LogP contribution in [0.2, 0.25) is 0 Å². The van der Waals surface area contributed by atoms with E-state index in [1.165, 1.54) is 63.5 Å². The lowest BCUT2D eigenvalue weighted by Gasteiger charge is -2.06. The van der Waals surface area contributed by atoms with E-state index in [0.717, 1.165) is 12.8 Å². The van der Waals surface area contributed by atoms with Crippen LogP contribution in [0.25, 0.3) is 0 Å². The third kappa shape index (κ3) is 9.43. The molecule has 4 nitrogen and oxygen atoms in total. The Bertz CT molecular complexity index is 471. The van der Waals surface area contributed by atoms with Gasteiger partial charge in [-0.1, -0.05) is 70.8 Å². The summed E-state index contributed by atoms with van der Waals surface area (Å²) in [7, 11) is 0. The molecule has 1 aromatic rings. The summed E-state index contributed by atoms with van der Waals surface area (Å²) < 4.78 is 5.21. The molecule has 4 heteroatoms. The van der Waals surface area contributed by atoms with Gasteiger partial charge in [0.2, 0.25) is 0 Å². The van der Waals surface area contributed by atoms with E-state index in [-0.39, 0.29) is 23.9 Å². The van der Waals surface area contributed by atoms with Crippen LogP contribution in [0.1, 0.15) is 76.7 Å². The van der Waals surface area contributed by atoms with Crippen molar-refractivity contribution in [3.05, 3.63) is 23.8 Å². The third-order valence-electron chi connectivity index (χ3n) is 4.15. The molecule has 136 valence electrons. The normalized spacial score (nSPS) is 10.7. The molecule has 0 aliphatic heterocycles. The highest BCUT2D eigenvalue weighted by Gasteiger charge is 2.07. The maximum absolute atomic E-state index is 11.7. The second kappa shape index (κ2) is 12.7. The highest BCUT2D eigenvalue weighted by Crippen LogP contribution is 2.25. The van der Waals surface area contributed by atoms with Crippen molar-refractivity contribution in [3.63, 3.8) is 0 Å². The lowest BCUT2D eigenvalue weighted by molar-refractivity contribution is -0.142. The molecule has 0 aliphatic rings. The van der Waals surface area contributed by atoms with Gasteiger partial charge in [-0.15, -0.1) is 0 Å². The molecule has 0 fully saturated rings. The zero-order chi connectivity index (χ0) is 17.6. The van der Waals surface area contributed by atoms with E-state index in [0.29, 0.717) is 12.2 Å². The van der Waals surface area contributed by atoms with Gasteiger partial charge in [-0.25, -0.2) is 0 Å². The number of benzene rings is 1. The van der Waals surface area contributed by atoms with Gasteiger partial charge in [0, 0.05) is 0 Å². The predicted molar refractivity (Wildman–Crippen MR) is 96.3 cm³/mol. The number of phenols is 2. The van der Waals surface area contributed by atoms with Crippen LogP contribution in [-0.4, -0.2) is 22.8 Å². The van der Waals surface area contributed by atoms with Crippen molar-refractivity contribution in [1.82, 2.24) is 0 Å². The lowest BCUT2D eigenvalue weighted by atomic mass is 10.1. The summed E-state index contributed by atoms with van der Waals surface area (Å²) >= 11 is 0. The molecule has 0 heterocycles. The van der Waals surface area contributed by atoms with Gasteiger partial charge in [-0.05, 0) is 24.1 Å².